The molecule has 144 valence electrons. The molecule has 1 aliphatic heterocycles. The molecule has 1 aromatic rings. The van der Waals surface area contributed by atoms with Crippen LogP contribution in [0.4, 0.5) is 5.69 Å². The van der Waals surface area contributed by atoms with Crippen molar-refractivity contribution >= 4 is 23.6 Å². The topological polar surface area (TPSA) is 117 Å². The monoisotopic (exact) mass is 368 g/mol. The Morgan fingerprint density at radius 1 is 0.962 bits per heavy atom. The third-order valence-electron chi connectivity index (χ3n) is 3.85. The number of ether oxygens (including phenoxy) is 2. The predicted octanol–water partition coefficient (Wildman–Crippen LogP) is 0.536. The van der Waals surface area contributed by atoms with Gasteiger partial charge in [0, 0.05) is 38.4 Å². The number of hydrogen-bond donors (Lipinski definition) is 2. The molecule has 9 heteroatoms. The van der Waals surface area contributed by atoms with Crippen LogP contribution in [0.25, 0.3) is 0 Å². The first-order valence-corrected chi connectivity index (χ1v) is 8.01. The molecule has 2 rings (SSSR count). The highest BCUT2D eigenvalue weighted by Crippen LogP contribution is 2.20. The smallest absolute Gasteiger partial charge is 0.414 e. The number of carbonyl (C=O) groups excluding carboxylic acids is 1. The number of aliphatic carboxylic acids is 2. The normalized spacial score (nSPS) is 14.0. The zero-order chi connectivity index (χ0) is 19.5. The number of nitrogens with zero attached hydrogens (tertiary/aromatic N) is 2. The van der Waals surface area contributed by atoms with Crippen LogP contribution in [0.3, 0.4) is 0 Å². The summed E-state index contributed by atoms with van der Waals surface area (Å²) < 4.78 is 9.83. The van der Waals surface area contributed by atoms with Crippen molar-refractivity contribution in [2.75, 3.05) is 51.8 Å². The average molecular weight is 368 g/mol. The Morgan fingerprint density at radius 3 is 1.92 bits per heavy atom. The van der Waals surface area contributed by atoms with Gasteiger partial charge in [0.05, 0.1) is 20.6 Å². The van der Waals surface area contributed by atoms with Crippen molar-refractivity contribution in [1.29, 1.82) is 0 Å². The first kappa shape index (κ1) is 21.2. The van der Waals surface area contributed by atoms with Crippen LogP contribution in [0.1, 0.15) is 6.42 Å². The number of carbonyl (C=O) groups is 3. The molecule has 1 aliphatic rings. The van der Waals surface area contributed by atoms with Gasteiger partial charge in [-0.25, -0.2) is 9.59 Å². The van der Waals surface area contributed by atoms with Gasteiger partial charge < -0.3 is 24.6 Å². The van der Waals surface area contributed by atoms with E-state index in [1.165, 1.54) is 12.8 Å². The number of benzene rings is 1. The fraction of sp³-hybridized carbons (Fsp3) is 0.471. The van der Waals surface area contributed by atoms with Gasteiger partial charge >= 0.3 is 17.9 Å². The molecule has 0 spiro atoms. The molecule has 1 fully saturated rings. The number of piperazine rings is 1. The molecule has 0 bridgehead atoms. The van der Waals surface area contributed by atoms with Gasteiger partial charge in [0.2, 0.25) is 0 Å². The van der Waals surface area contributed by atoms with Crippen molar-refractivity contribution in [3.8, 4) is 5.75 Å². The summed E-state index contributed by atoms with van der Waals surface area (Å²) in [6, 6.07) is 8.14. The van der Waals surface area contributed by atoms with Gasteiger partial charge in [-0.05, 0) is 24.3 Å². The van der Waals surface area contributed by atoms with Gasteiger partial charge in [-0.3, -0.25) is 9.69 Å². The lowest BCUT2D eigenvalue weighted by Crippen LogP contribution is -2.46. The van der Waals surface area contributed by atoms with Crippen LogP contribution >= 0.6 is 0 Å². The summed E-state index contributed by atoms with van der Waals surface area (Å²) in [4.78, 5) is 34.0. The van der Waals surface area contributed by atoms with Gasteiger partial charge in [-0.2, -0.15) is 0 Å². The molecule has 9 nitrogen and oxygen atoms in total. The molecule has 1 heterocycles. The van der Waals surface area contributed by atoms with Crippen molar-refractivity contribution in [2.24, 2.45) is 0 Å². The van der Waals surface area contributed by atoms with Gasteiger partial charge in [0.25, 0.3) is 0 Å². The Hall–Kier alpha value is -2.81. The van der Waals surface area contributed by atoms with Crippen molar-refractivity contribution in [3.63, 3.8) is 0 Å². The second-order valence-electron chi connectivity index (χ2n) is 5.46. The van der Waals surface area contributed by atoms with Crippen molar-refractivity contribution in [3.05, 3.63) is 24.3 Å². The molecule has 2 N–H and O–H groups in total. The van der Waals surface area contributed by atoms with E-state index in [2.05, 4.69) is 26.7 Å². The number of esters is 1. The minimum Gasteiger partial charge on any atom is -0.497 e. The zero-order valence-electron chi connectivity index (χ0n) is 14.9. The molecule has 0 radical (unpaired) electrons. The highest BCUT2D eigenvalue weighted by molar-refractivity contribution is 6.27. The highest BCUT2D eigenvalue weighted by Gasteiger charge is 2.17. The third-order valence-corrected chi connectivity index (χ3v) is 3.85. The Bertz CT molecular complexity index is 584. The fourth-order valence-electron chi connectivity index (χ4n) is 2.37. The van der Waals surface area contributed by atoms with Gasteiger partial charge in [-0.15, -0.1) is 0 Å². The third kappa shape index (κ3) is 7.39. The maximum atomic E-state index is 11.1. The summed E-state index contributed by atoms with van der Waals surface area (Å²) in [5, 5.41) is 14.8. The zero-order valence-corrected chi connectivity index (χ0v) is 14.9. The van der Waals surface area contributed by atoms with Crippen LogP contribution in [-0.4, -0.2) is 80.0 Å². The SMILES string of the molecule is COC(=O)CCN1CCN(c2ccc(OC)cc2)CC1.O=C(O)C(=O)O. The van der Waals surface area contributed by atoms with Crippen molar-refractivity contribution < 1.29 is 34.1 Å². The molecule has 26 heavy (non-hydrogen) atoms. The van der Waals surface area contributed by atoms with E-state index in [1.54, 1.807) is 7.11 Å². The predicted molar refractivity (Wildman–Crippen MR) is 93.6 cm³/mol. The number of carboxylic acid groups (broad SMARTS) is 2. The molecule has 1 saturated heterocycles. The molecule has 0 amide bonds. The Kier molecular flexibility index (Phi) is 8.93. The van der Waals surface area contributed by atoms with Gasteiger partial charge in [-0.1, -0.05) is 0 Å². The summed E-state index contributed by atoms with van der Waals surface area (Å²) in [6.07, 6.45) is 0.471. The number of methoxy groups -OCH3 is 2. The van der Waals surface area contributed by atoms with E-state index >= 15 is 0 Å². The largest absolute Gasteiger partial charge is 0.497 e. The minimum atomic E-state index is -1.82. The van der Waals surface area contributed by atoms with E-state index in [0.717, 1.165) is 38.5 Å². The maximum Gasteiger partial charge on any atom is 0.414 e. The van der Waals surface area contributed by atoms with Crippen LogP contribution in [0.15, 0.2) is 24.3 Å². The summed E-state index contributed by atoms with van der Waals surface area (Å²) in [5.74, 6) is -2.90. The molecular weight excluding hydrogens is 344 g/mol. The molecule has 0 aromatic heterocycles. The Balaban J connectivity index is 0.000000487. The molecule has 0 unspecified atom stereocenters. The van der Waals surface area contributed by atoms with Crippen LogP contribution in [0, 0.1) is 0 Å². The van der Waals surface area contributed by atoms with E-state index < -0.39 is 11.9 Å². The molecule has 0 aliphatic carbocycles. The lowest BCUT2D eigenvalue weighted by Gasteiger charge is -2.36. The van der Waals surface area contributed by atoms with Gasteiger partial charge in [0.1, 0.15) is 5.75 Å². The molecule has 0 saturated carbocycles. The Labute approximate surface area is 151 Å². The summed E-state index contributed by atoms with van der Waals surface area (Å²) in [5.41, 5.74) is 1.22. The second kappa shape index (κ2) is 10.9. The minimum absolute atomic E-state index is 0.136. The van der Waals surface area contributed by atoms with Crippen LogP contribution in [0.5, 0.6) is 5.75 Å². The number of anilines is 1. The number of carboxylic acids is 2. The van der Waals surface area contributed by atoms with Crippen LogP contribution in [0.2, 0.25) is 0 Å². The van der Waals surface area contributed by atoms with Crippen LogP contribution < -0.4 is 9.64 Å². The first-order valence-electron chi connectivity index (χ1n) is 8.01. The highest BCUT2D eigenvalue weighted by atomic mass is 16.5. The molecular formula is C17H24N2O7. The summed E-state index contributed by atoms with van der Waals surface area (Å²) in [7, 11) is 3.11. The summed E-state index contributed by atoms with van der Waals surface area (Å²) >= 11 is 0. The Morgan fingerprint density at radius 2 is 1.50 bits per heavy atom. The number of rotatable bonds is 5. The van der Waals surface area contributed by atoms with E-state index in [9.17, 15) is 4.79 Å². The van der Waals surface area contributed by atoms with E-state index in [-0.39, 0.29) is 5.97 Å². The van der Waals surface area contributed by atoms with Crippen molar-refractivity contribution in [2.45, 2.75) is 6.42 Å². The summed E-state index contributed by atoms with van der Waals surface area (Å²) in [6.45, 7) is 4.69. The van der Waals surface area contributed by atoms with Gasteiger partial charge in [0.15, 0.2) is 0 Å². The fourth-order valence-corrected chi connectivity index (χ4v) is 2.37. The standard InChI is InChI=1S/C15H22N2O3.C2H2O4/c1-19-14-5-3-13(4-6-14)17-11-9-16(10-12-17)8-7-15(18)20-2;3-1(4)2(5)6/h3-6H,7-12H2,1-2H3;(H,3,4)(H,5,6). The quantitative estimate of drug-likeness (QED) is 0.567. The van der Waals surface area contributed by atoms with E-state index in [4.69, 9.17) is 24.5 Å². The molecule has 1 aromatic carbocycles. The first-order chi connectivity index (χ1) is 12.4. The maximum absolute atomic E-state index is 11.1. The lowest BCUT2D eigenvalue weighted by atomic mass is 10.2. The number of hydrogen-bond acceptors (Lipinski definition) is 7. The van der Waals surface area contributed by atoms with Crippen molar-refractivity contribution in [1.82, 2.24) is 4.90 Å². The van der Waals surface area contributed by atoms with Crippen LogP contribution in [-0.2, 0) is 19.1 Å². The lowest BCUT2D eigenvalue weighted by molar-refractivity contribution is -0.159. The van der Waals surface area contributed by atoms with E-state index in [0.29, 0.717) is 6.42 Å². The molecule has 0 atom stereocenters. The second-order valence-corrected chi connectivity index (χ2v) is 5.46. The average Bonchev–Trinajstić information content (AvgIpc) is 2.67. The van der Waals surface area contributed by atoms with E-state index in [1.807, 2.05) is 12.1 Å².